The van der Waals surface area contributed by atoms with Gasteiger partial charge in [0.15, 0.2) is 0 Å². The Labute approximate surface area is 111 Å². The van der Waals surface area contributed by atoms with Crippen molar-refractivity contribution >= 4 is 5.78 Å². The average Bonchev–Trinajstić information content (AvgIpc) is 2.38. The third-order valence-electron chi connectivity index (χ3n) is 4.07. The minimum absolute atomic E-state index is 0.213. The van der Waals surface area contributed by atoms with Crippen LogP contribution in [0.4, 0.5) is 0 Å². The van der Waals surface area contributed by atoms with Crippen LogP contribution < -0.4 is 0 Å². The molecule has 1 aliphatic rings. The summed E-state index contributed by atoms with van der Waals surface area (Å²) in [5, 5.41) is 0. The van der Waals surface area contributed by atoms with Crippen molar-refractivity contribution in [3.05, 3.63) is 35.9 Å². The van der Waals surface area contributed by atoms with Crippen LogP contribution in [0, 0.1) is 11.3 Å². The molecule has 1 fully saturated rings. The lowest BCUT2D eigenvalue weighted by atomic mass is 9.68. The van der Waals surface area contributed by atoms with Gasteiger partial charge in [0, 0.05) is 11.3 Å². The van der Waals surface area contributed by atoms with Crippen molar-refractivity contribution in [2.45, 2.75) is 52.4 Å². The number of carbonyl (C=O) groups excluding carboxylic acids is 1. The Bertz CT molecular complexity index is 399. The van der Waals surface area contributed by atoms with E-state index in [1.807, 2.05) is 26.8 Å². The van der Waals surface area contributed by atoms with Crippen molar-refractivity contribution in [3.8, 4) is 0 Å². The van der Waals surface area contributed by atoms with E-state index in [0.29, 0.717) is 11.7 Å². The molecule has 0 spiro atoms. The molecule has 1 aromatic carbocycles. The highest BCUT2D eigenvalue weighted by Crippen LogP contribution is 2.41. The molecule has 0 aromatic heterocycles. The van der Waals surface area contributed by atoms with Gasteiger partial charge in [0.25, 0.3) is 0 Å². The molecule has 1 aromatic rings. The van der Waals surface area contributed by atoms with Gasteiger partial charge in [-0.3, -0.25) is 4.79 Å². The van der Waals surface area contributed by atoms with Crippen LogP contribution in [-0.2, 0) is 4.79 Å². The van der Waals surface area contributed by atoms with Gasteiger partial charge in [0.1, 0.15) is 5.78 Å². The Kier molecular flexibility index (Phi) is 3.89. The van der Waals surface area contributed by atoms with E-state index in [4.69, 9.17) is 0 Å². The monoisotopic (exact) mass is 244 g/mol. The van der Waals surface area contributed by atoms with E-state index in [9.17, 15) is 4.79 Å². The molecular weight excluding hydrogens is 220 g/mol. The van der Waals surface area contributed by atoms with Crippen molar-refractivity contribution in [2.24, 2.45) is 11.3 Å². The normalized spacial score (nSPS) is 24.8. The first-order valence-corrected chi connectivity index (χ1v) is 7.09. The molecule has 0 saturated heterocycles. The second kappa shape index (κ2) is 5.26. The number of Topliss-reactive ketones (excluding diaryl/α,β-unsaturated/α-hetero) is 1. The molecule has 1 aliphatic carbocycles. The molecule has 18 heavy (non-hydrogen) atoms. The standard InChI is InChI=1S/C17H24O/c1-17(2,3)16(18)15-12-8-7-11-14(15)13-9-5-4-6-10-13/h4-6,9-10,14-15H,7-8,11-12H2,1-3H3/t14?,15-/m0/s1. The molecule has 1 heteroatoms. The zero-order valence-corrected chi connectivity index (χ0v) is 11.8. The predicted octanol–water partition coefficient (Wildman–Crippen LogP) is 4.58. The SMILES string of the molecule is CC(C)(C)C(=O)[C@H]1CCCCC1c1ccccc1. The first kappa shape index (κ1) is 13.3. The molecule has 98 valence electrons. The zero-order chi connectivity index (χ0) is 13.2. The molecule has 1 nitrogen and oxygen atoms in total. The topological polar surface area (TPSA) is 17.1 Å². The second-order valence-corrected chi connectivity index (χ2v) is 6.52. The molecule has 1 unspecified atom stereocenters. The number of rotatable bonds is 2. The Morgan fingerprint density at radius 3 is 2.28 bits per heavy atom. The first-order valence-electron chi connectivity index (χ1n) is 7.09. The maximum Gasteiger partial charge on any atom is 0.141 e. The summed E-state index contributed by atoms with van der Waals surface area (Å²) in [6.07, 6.45) is 4.69. The van der Waals surface area contributed by atoms with Gasteiger partial charge in [-0.2, -0.15) is 0 Å². The van der Waals surface area contributed by atoms with E-state index in [1.165, 1.54) is 18.4 Å². The quantitative estimate of drug-likeness (QED) is 0.744. The van der Waals surface area contributed by atoms with Gasteiger partial charge in [0.2, 0.25) is 0 Å². The molecule has 0 bridgehead atoms. The summed E-state index contributed by atoms with van der Waals surface area (Å²) in [5.74, 6) is 1.10. The molecule has 0 aliphatic heterocycles. The van der Waals surface area contributed by atoms with Crippen LogP contribution in [0.25, 0.3) is 0 Å². The summed E-state index contributed by atoms with van der Waals surface area (Å²) in [7, 11) is 0. The lowest BCUT2D eigenvalue weighted by Gasteiger charge is -2.34. The molecule has 2 atom stereocenters. The zero-order valence-electron chi connectivity index (χ0n) is 11.8. The fourth-order valence-corrected chi connectivity index (χ4v) is 3.10. The van der Waals surface area contributed by atoms with E-state index in [2.05, 4.69) is 24.3 Å². The van der Waals surface area contributed by atoms with Crippen LogP contribution in [-0.4, -0.2) is 5.78 Å². The molecule has 1 saturated carbocycles. The van der Waals surface area contributed by atoms with E-state index in [0.717, 1.165) is 12.8 Å². The van der Waals surface area contributed by atoms with Gasteiger partial charge in [-0.05, 0) is 24.3 Å². The highest BCUT2D eigenvalue weighted by atomic mass is 16.1. The maximum absolute atomic E-state index is 12.6. The average molecular weight is 244 g/mol. The van der Waals surface area contributed by atoms with E-state index in [-0.39, 0.29) is 11.3 Å². The summed E-state index contributed by atoms with van der Waals surface area (Å²) in [5.41, 5.74) is 1.13. The third-order valence-corrected chi connectivity index (χ3v) is 4.07. The summed E-state index contributed by atoms with van der Waals surface area (Å²) in [6.45, 7) is 6.14. The van der Waals surface area contributed by atoms with Gasteiger partial charge in [-0.15, -0.1) is 0 Å². The Hall–Kier alpha value is -1.11. The lowest BCUT2D eigenvalue weighted by molar-refractivity contribution is -0.132. The number of benzene rings is 1. The van der Waals surface area contributed by atoms with Crippen molar-refractivity contribution < 1.29 is 4.79 Å². The van der Waals surface area contributed by atoms with Crippen LogP contribution in [0.5, 0.6) is 0 Å². The van der Waals surface area contributed by atoms with Crippen LogP contribution in [0.3, 0.4) is 0 Å². The Balaban J connectivity index is 2.24. The first-order chi connectivity index (χ1) is 8.50. The second-order valence-electron chi connectivity index (χ2n) is 6.52. The van der Waals surface area contributed by atoms with Crippen LogP contribution in [0.15, 0.2) is 30.3 Å². The van der Waals surface area contributed by atoms with Crippen LogP contribution in [0.1, 0.15) is 57.9 Å². The van der Waals surface area contributed by atoms with Gasteiger partial charge in [-0.25, -0.2) is 0 Å². The number of carbonyl (C=O) groups is 1. The highest BCUT2D eigenvalue weighted by molar-refractivity contribution is 5.86. The molecule has 0 amide bonds. The van der Waals surface area contributed by atoms with Crippen LogP contribution >= 0.6 is 0 Å². The summed E-state index contributed by atoms with van der Waals surface area (Å²) >= 11 is 0. The van der Waals surface area contributed by atoms with E-state index < -0.39 is 0 Å². The van der Waals surface area contributed by atoms with Crippen molar-refractivity contribution in [1.82, 2.24) is 0 Å². The lowest BCUT2D eigenvalue weighted by Crippen LogP contribution is -2.34. The van der Waals surface area contributed by atoms with E-state index >= 15 is 0 Å². The minimum Gasteiger partial charge on any atom is -0.299 e. The maximum atomic E-state index is 12.6. The number of ketones is 1. The molecule has 0 N–H and O–H groups in total. The number of hydrogen-bond donors (Lipinski definition) is 0. The van der Waals surface area contributed by atoms with Crippen molar-refractivity contribution in [1.29, 1.82) is 0 Å². The van der Waals surface area contributed by atoms with E-state index in [1.54, 1.807) is 0 Å². The van der Waals surface area contributed by atoms with Crippen LogP contribution in [0.2, 0.25) is 0 Å². The highest BCUT2D eigenvalue weighted by Gasteiger charge is 2.36. The predicted molar refractivity (Wildman–Crippen MR) is 75.6 cm³/mol. The minimum atomic E-state index is -0.213. The molecule has 0 heterocycles. The largest absolute Gasteiger partial charge is 0.299 e. The summed E-state index contributed by atoms with van der Waals surface area (Å²) in [6, 6.07) is 10.6. The number of hydrogen-bond acceptors (Lipinski definition) is 1. The Morgan fingerprint density at radius 1 is 1.06 bits per heavy atom. The summed E-state index contributed by atoms with van der Waals surface area (Å²) < 4.78 is 0. The van der Waals surface area contributed by atoms with Crippen molar-refractivity contribution in [2.75, 3.05) is 0 Å². The Morgan fingerprint density at radius 2 is 1.67 bits per heavy atom. The van der Waals surface area contributed by atoms with Gasteiger partial charge >= 0.3 is 0 Å². The fourth-order valence-electron chi connectivity index (χ4n) is 3.10. The van der Waals surface area contributed by atoms with Gasteiger partial charge in [0.05, 0.1) is 0 Å². The van der Waals surface area contributed by atoms with Gasteiger partial charge < -0.3 is 0 Å². The molecular formula is C17H24O. The summed E-state index contributed by atoms with van der Waals surface area (Å²) in [4.78, 5) is 12.6. The molecule has 2 rings (SSSR count). The fraction of sp³-hybridized carbons (Fsp3) is 0.588. The molecule has 0 radical (unpaired) electrons. The third kappa shape index (κ3) is 2.82. The van der Waals surface area contributed by atoms with Gasteiger partial charge in [-0.1, -0.05) is 63.9 Å². The van der Waals surface area contributed by atoms with Crippen molar-refractivity contribution in [3.63, 3.8) is 0 Å². The smallest absolute Gasteiger partial charge is 0.141 e.